The monoisotopic (exact) mass is 398 g/mol. The smallest absolute Gasteiger partial charge is 0.381 e. The van der Waals surface area contributed by atoms with E-state index >= 15 is 0 Å². The summed E-state index contributed by atoms with van der Waals surface area (Å²) in [6.07, 6.45) is 3.34. The molecule has 0 atom stereocenters. The first-order valence-corrected chi connectivity index (χ1v) is 9.99. The normalized spacial score (nSPS) is 18.9. The minimum Gasteiger partial charge on any atom is -0.381 e. The number of rotatable bonds is 4. The molecule has 0 N–H and O–H groups in total. The number of nitrogens with zero attached hydrogens (tertiary/aromatic N) is 4. The molecule has 0 saturated carbocycles. The molecule has 0 radical (unpaired) electrons. The third-order valence-electron chi connectivity index (χ3n) is 5.62. The number of benzene rings is 1. The standard InChI is InChI=1S/C20H22N4O5/c25-20-24(18(23-29-20)14-7-11-27-12-8-14)16-4-2-1-3-15(16)19-21-17(22-28-19)13-5-9-26-10-6-13/h1-4,13-14H,5-12H2. The molecule has 152 valence electrons. The summed E-state index contributed by atoms with van der Waals surface area (Å²) >= 11 is 0. The molecule has 29 heavy (non-hydrogen) atoms. The van der Waals surface area contributed by atoms with Gasteiger partial charge in [0.2, 0.25) is 0 Å². The van der Waals surface area contributed by atoms with Crippen LogP contribution in [0.3, 0.4) is 0 Å². The van der Waals surface area contributed by atoms with Gasteiger partial charge < -0.3 is 14.0 Å². The molecule has 0 amide bonds. The van der Waals surface area contributed by atoms with Crippen LogP contribution in [-0.4, -0.2) is 46.3 Å². The second kappa shape index (κ2) is 7.92. The number of hydrogen-bond acceptors (Lipinski definition) is 8. The van der Waals surface area contributed by atoms with E-state index in [2.05, 4.69) is 15.3 Å². The van der Waals surface area contributed by atoms with Crippen molar-refractivity contribution in [1.29, 1.82) is 0 Å². The summed E-state index contributed by atoms with van der Waals surface area (Å²) in [5, 5.41) is 8.26. The minimum atomic E-state index is -0.525. The second-order valence-corrected chi connectivity index (χ2v) is 7.39. The fourth-order valence-corrected chi connectivity index (χ4v) is 4.01. The van der Waals surface area contributed by atoms with E-state index in [9.17, 15) is 4.79 Å². The van der Waals surface area contributed by atoms with Crippen LogP contribution in [0, 0.1) is 0 Å². The van der Waals surface area contributed by atoms with E-state index in [-0.39, 0.29) is 11.8 Å². The van der Waals surface area contributed by atoms with Crippen LogP contribution in [0.1, 0.15) is 49.2 Å². The van der Waals surface area contributed by atoms with Crippen LogP contribution in [-0.2, 0) is 9.47 Å². The number of para-hydroxylation sites is 1. The molecule has 9 heteroatoms. The van der Waals surface area contributed by atoms with E-state index in [0.717, 1.165) is 25.7 Å². The van der Waals surface area contributed by atoms with E-state index in [0.29, 0.717) is 55.2 Å². The Morgan fingerprint density at radius 2 is 1.55 bits per heavy atom. The first-order valence-electron chi connectivity index (χ1n) is 9.99. The number of ether oxygens (including phenoxy) is 2. The SMILES string of the molecule is O=c1onc(C2CCOCC2)n1-c1ccccc1-c1nc(C2CCOCC2)no1. The molecule has 0 bridgehead atoms. The minimum absolute atomic E-state index is 0.101. The van der Waals surface area contributed by atoms with Gasteiger partial charge >= 0.3 is 5.76 Å². The molecule has 0 spiro atoms. The molecular formula is C20H22N4O5. The quantitative estimate of drug-likeness (QED) is 0.660. The van der Waals surface area contributed by atoms with Gasteiger partial charge in [0.05, 0.1) is 11.3 Å². The topological polar surface area (TPSA) is 105 Å². The zero-order valence-electron chi connectivity index (χ0n) is 16.0. The van der Waals surface area contributed by atoms with Crippen molar-refractivity contribution in [2.24, 2.45) is 0 Å². The average molecular weight is 398 g/mol. The van der Waals surface area contributed by atoms with E-state index in [1.54, 1.807) is 0 Å². The van der Waals surface area contributed by atoms with Gasteiger partial charge in [-0.05, 0) is 37.8 Å². The highest BCUT2D eigenvalue weighted by Crippen LogP contribution is 2.32. The lowest BCUT2D eigenvalue weighted by Gasteiger charge is -2.21. The molecule has 9 nitrogen and oxygen atoms in total. The Balaban J connectivity index is 1.54. The van der Waals surface area contributed by atoms with Crippen molar-refractivity contribution < 1.29 is 18.5 Å². The molecule has 3 aromatic rings. The Hall–Kier alpha value is -2.78. The number of hydrogen-bond donors (Lipinski definition) is 0. The molecule has 1 aromatic carbocycles. The van der Waals surface area contributed by atoms with E-state index in [1.807, 2.05) is 24.3 Å². The van der Waals surface area contributed by atoms with Gasteiger partial charge in [-0.2, -0.15) is 4.98 Å². The molecule has 2 aliphatic rings. The van der Waals surface area contributed by atoms with Crippen LogP contribution < -0.4 is 5.76 Å². The van der Waals surface area contributed by atoms with Gasteiger partial charge in [0, 0.05) is 38.3 Å². The lowest BCUT2D eigenvalue weighted by molar-refractivity contribution is 0.0826. The Labute approximate surface area is 166 Å². The first kappa shape index (κ1) is 18.3. The fraction of sp³-hybridized carbons (Fsp3) is 0.500. The summed E-state index contributed by atoms with van der Waals surface area (Å²) in [6.45, 7) is 2.70. The van der Waals surface area contributed by atoms with Gasteiger partial charge in [-0.3, -0.25) is 4.52 Å². The Morgan fingerprint density at radius 1 is 0.862 bits per heavy atom. The fourth-order valence-electron chi connectivity index (χ4n) is 4.01. The molecular weight excluding hydrogens is 376 g/mol. The summed E-state index contributed by atoms with van der Waals surface area (Å²) in [6, 6.07) is 7.45. The van der Waals surface area contributed by atoms with Crippen LogP contribution in [0.2, 0.25) is 0 Å². The van der Waals surface area contributed by atoms with Crippen molar-refractivity contribution in [3.63, 3.8) is 0 Å². The van der Waals surface area contributed by atoms with Gasteiger partial charge in [-0.25, -0.2) is 9.36 Å². The predicted molar refractivity (Wildman–Crippen MR) is 101 cm³/mol. The average Bonchev–Trinajstić information content (AvgIpc) is 3.42. The molecule has 2 aromatic heterocycles. The maximum absolute atomic E-state index is 12.5. The molecule has 2 saturated heterocycles. The summed E-state index contributed by atoms with van der Waals surface area (Å²) in [5.41, 5.74) is 1.30. The van der Waals surface area contributed by atoms with Crippen molar-refractivity contribution in [2.75, 3.05) is 26.4 Å². The molecule has 2 fully saturated rings. The Morgan fingerprint density at radius 3 is 2.31 bits per heavy atom. The van der Waals surface area contributed by atoms with Crippen LogP contribution in [0.25, 0.3) is 17.1 Å². The third-order valence-corrected chi connectivity index (χ3v) is 5.62. The van der Waals surface area contributed by atoms with Crippen molar-refractivity contribution in [1.82, 2.24) is 19.9 Å². The van der Waals surface area contributed by atoms with E-state index < -0.39 is 5.76 Å². The number of aromatic nitrogens is 4. The summed E-state index contributed by atoms with van der Waals surface area (Å²) in [4.78, 5) is 17.2. The van der Waals surface area contributed by atoms with Gasteiger partial charge in [0.15, 0.2) is 11.6 Å². The lowest BCUT2D eigenvalue weighted by atomic mass is 9.99. The molecule has 4 heterocycles. The van der Waals surface area contributed by atoms with Crippen LogP contribution in [0.4, 0.5) is 0 Å². The van der Waals surface area contributed by atoms with Crippen LogP contribution in [0.5, 0.6) is 0 Å². The van der Waals surface area contributed by atoms with Gasteiger partial charge in [-0.1, -0.05) is 22.4 Å². The maximum Gasteiger partial charge on any atom is 0.446 e. The lowest BCUT2D eigenvalue weighted by Crippen LogP contribution is -2.22. The van der Waals surface area contributed by atoms with Crippen molar-refractivity contribution in [3.05, 3.63) is 46.5 Å². The first-order chi connectivity index (χ1) is 14.3. The van der Waals surface area contributed by atoms with E-state index in [1.165, 1.54) is 4.57 Å². The van der Waals surface area contributed by atoms with Gasteiger partial charge in [0.1, 0.15) is 0 Å². The highest BCUT2D eigenvalue weighted by molar-refractivity contribution is 5.66. The maximum atomic E-state index is 12.5. The molecule has 0 aliphatic carbocycles. The summed E-state index contributed by atoms with van der Waals surface area (Å²) < 4.78 is 23.0. The second-order valence-electron chi connectivity index (χ2n) is 7.39. The Kier molecular flexibility index (Phi) is 4.99. The Bertz CT molecular complexity index is 1030. The summed E-state index contributed by atoms with van der Waals surface area (Å²) in [5.74, 6) is 1.47. The molecule has 5 rings (SSSR count). The zero-order valence-corrected chi connectivity index (χ0v) is 16.0. The van der Waals surface area contributed by atoms with Crippen LogP contribution in [0.15, 0.2) is 38.1 Å². The zero-order chi connectivity index (χ0) is 19.6. The highest BCUT2D eigenvalue weighted by atomic mass is 16.5. The highest BCUT2D eigenvalue weighted by Gasteiger charge is 2.27. The van der Waals surface area contributed by atoms with Gasteiger partial charge in [-0.15, -0.1) is 0 Å². The molecule has 2 aliphatic heterocycles. The van der Waals surface area contributed by atoms with Crippen LogP contribution >= 0.6 is 0 Å². The van der Waals surface area contributed by atoms with Crippen molar-refractivity contribution in [3.8, 4) is 17.1 Å². The third kappa shape index (κ3) is 3.51. The molecule has 0 unspecified atom stereocenters. The van der Waals surface area contributed by atoms with Crippen molar-refractivity contribution in [2.45, 2.75) is 37.5 Å². The van der Waals surface area contributed by atoms with Crippen molar-refractivity contribution >= 4 is 0 Å². The predicted octanol–water partition coefficient (Wildman–Crippen LogP) is 2.66. The van der Waals surface area contributed by atoms with E-state index in [4.69, 9.17) is 18.5 Å². The van der Waals surface area contributed by atoms with Gasteiger partial charge in [0.25, 0.3) is 5.89 Å². The summed E-state index contributed by atoms with van der Waals surface area (Å²) in [7, 11) is 0. The largest absolute Gasteiger partial charge is 0.446 e.